The van der Waals surface area contributed by atoms with E-state index in [-0.39, 0.29) is 31.1 Å². The molecule has 0 aliphatic heterocycles. The van der Waals surface area contributed by atoms with Crippen LogP contribution in [0.1, 0.15) is 278 Å². The van der Waals surface area contributed by atoms with Crippen LogP contribution in [0.25, 0.3) is 0 Å². The number of ether oxygens (including phenoxy) is 3. The zero-order valence-electron chi connectivity index (χ0n) is 41.8. The van der Waals surface area contributed by atoms with Gasteiger partial charge >= 0.3 is 17.9 Å². The van der Waals surface area contributed by atoms with Crippen LogP contribution in [0.3, 0.4) is 0 Å². The van der Waals surface area contributed by atoms with Crippen molar-refractivity contribution in [3.8, 4) is 0 Å². The maximum Gasteiger partial charge on any atom is 0.306 e. The number of esters is 3. The summed E-state index contributed by atoms with van der Waals surface area (Å²) in [6, 6.07) is 0. The van der Waals surface area contributed by atoms with Gasteiger partial charge in [-0.3, -0.25) is 14.4 Å². The molecule has 1 unspecified atom stereocenters. The summed E-state index contributed by atoms with van der Waals surface area (Å²) in [4.78, 5) is 38.0. The molecule has 0 aromatic heterocycles. The highest BCUT2D eigenvalue weighted by atomic mass is 16.6. The lowest BCUT2D eigenvalue weighted by Gasteiger charge is -2.18. The van der Waals surface area contributed by atoms with Crippen molar-refractivity contribution >= 4 is 17.9 Å². The molecular weight excluding hydrogens is 781 g/mol. The van der Waals surface area contributed by atoms with Crippen molar-refractivity contribution in [3.63, 3.8) is 0 Å². The van der Waals surface area contributed by atoms with Crippen molar-refractivity contribution in [1.29, 1.82) is 0 Å². The standard InChI is InChI=1S/C57H102O6/c1-4-7-10-13-16-19-22-25-27-28-29-30-33-35-38-41-44-47-50-56(59)62-53-54(52-61-55(58)49-46-43-40-37-34-31-24-21-18-15-12-9-6-3)63-57(60)51-48-45-42-39-36-32-26-23-20-17-14-11-8-5-2/h9,12,15,18,21,24,31,34,54H,4-8,10-11,13-14,16-17,19-20,22-23,25-30,32-33,35-53H2,1-3H3/b12-9-,18-15-,24-21-,34-31-. The van der Waals surface area contributed by atoms with Crippen LogP contribution in [0.2, 0.25) is 0 Å². The van der Waals surface area contributed by atoms with Crippen molar-refractivity contribution in [2.45, 2.75) is 284 Å². The molecule has 0 saturated carbocycles. The Balaban J connectivity index is 4.35. The highest BCUT2D eigenvalue weighted by Gasteiger charge is 2.19. The van der Waals surface area contributed by atoms with Crippen molar-refractivity contribution in [1.82, 2.24) is 0 Å². The molecule has 0 spiro atoms. The molecule has 0 aliphatic rings. The first-order valence-corrected chi connectivity index (χ1v) is 27.2. The van der Waals surface area contributed by atoms with Crippen LogP contribution < -0.4 is 0 Å². The first kappa shape index (κ1) is 60.4. The fourth-order valence-corrected chi connectivity index (χ4v) is 7.87. The molecule has 0 radical (unpaired) electrons. The van der Waals surface area contributed by atoms with Crippen LogP contribution in [-0.4, -0.2) is 37.2 Å². The fourth-order valence-electron chi connectivity index (χ4n) is 7.87. The van der Waals surface area contributed by atoms with E-state index in [0.717, 1.165) is 70.6 Å². The van der Waals surface area contributed by atoms with Gasteiger partial charge in [-0.1, -0.05) is 268 Å². The summed E-state index contributed by atoms with van der Waals surface area (Å²) in [6.07, 6.45) is 62.4. The molecule has 0 N–H and O–H groups in total. The monoisotopic (exact) mass is 883 g/mol. The molecule has 0 aromatic carbocycles. The van der Waals surface area contributed by atoms with Gasteiger partial charge in [0.2, 0.25) is 0 Å². The Labute approximate surface area is 390 Å². The third-order valence-corrected chi connectivity index (χ3v) is 11.9. The Kier molecular flexibility index (Phi) is 49.8. The molecule has 0 rings (SSSR count). The summed E-state index contributed by atoms with van der Waals surface area (Å²) in [5.41, 5.74) is 0. The van der Waals surface area contributed by atoms with Crippen LogP contribution in [0.5, 0.6) is 0 Å². The second-order valence-corrected chi connectivity index (χ2v) is 18.2. The average Bonchev–Trinajstić information content (AvgIpc) is 3.28. The zero-order chi connectivity index (χ0) is 45.8. The number of rotatable bonds is 49. The molecule has 0 bridgehead atoms. The van der Waals surface area contributed by atoms with E-state index in [9.17, 15) is 14.4 Å². The Morgan fingerprint density at radius 3 is 0.968 bits per heavy atom. The predicted octanol–water partition coefficient (Wildman–Crippen LogP) is 17.9. The van der Waals surface area contributed by atoms with Crippen LogP contribution in [0, 0.1) is 0 Å². The first-order valence-electron chi connectivity index (χ1n) is 27.2. The zero-order valence-corrected chi connectivity index (χ0v) is 41.8. The van der Waals surface area contributed by atoms with E-state index >= 15 is 0 Å². The highest BCUT2D eigenvalue weighted by Crippen LogP contribution is 2.17. The minimum Gasteiger partial charge on any atom is -0.462 e. The maximum atomic E-state index is 12.8. The minimum absolute atomic E-state index is 0.0817. The third-order valence-electron chi connectivity index (χ3n) is 11.9. The Morgan fingerprint density at radius 1 is 0.333 bits per heavy atom. The van der Waals surface area contributed by atoms with E-state index in [4.69, 9.17) is 14.2 Å². The van der Waals surface area contributed by atoms with Gasteiger partial charge in [0.1, 0.15) is 13.2 Å². The molecule has 0 aromatic rings. The number of allylic oxidation sites excluding steroid dienone is 8. The van der Waals surface area contributed by atoms with E-state index < -0.39 is 6.10 Å². The summed E-state index contributed by atoms with van der Waals surface area (Å²) in [5, 5.41) is 0. The van der Waals surface area contributed by atoms with E-state index in [2.05, 4.69) is 39.0 Å². The predicted molar refractivity (Wildman–Crippen MR) is 270 cm³/mol. The molecule has 0 saturated heterocycles. The smallest absolute Gasteiger partial charge is 0.306 e. The molecule has 0 heterocycles. The molecular formula is C57H102O6. The lowest BCUT2D eigenvalue weighted by molar-refractivity contribution is -0.167. The number of carbonyl (C=O) groups excluding carboxylic acids is 3. The molecule has 6 nitrogen and oxygen atoms in total. The molecule has 366 valence electrons. The van der Waals surface area contributed by atoms with E-state index in [1.165, 1.54) is 167 Å². The SMILES string of the molecule is CC\C=C/C=C\C=C/C=C\CCCCCC(=O)OCC(COC(=O)CCCCCCCCCCCCCCCCCCCC)OC(=O)CCCCCCCCCCCCCCCC. The summed E-state index contributed by atoms with van der Waals surface area (Å²) in [7, 11) is 0. The molecule has 0 fully saturated rings. The fraction of sp³-hybridized carbons (Fsp3) is 0.807. The average molecular weight is 883 g/mol. The Hall–Kier alpha value is -2.63. The summed E-state index contributed by atoms with van der Waals surface area (Å²) in [5.74, 6) is -0.909. The number of carbonyl (C=O) groups is 3. The van der Waals surface area contributed by atoms with Crippen LogP contribution in [-0.2, 0) is 28.6 Å². The van der Waals surface area contributed by atoms with Gasteiger partial charge in [-0.15, -0.1) is 0 Å². The quantitative estimate of drug-likeness (QED) is 0.0262. The lowest BCUT2D eigenvalue weighted by atomic mass is 10.0. The van der Waals surface area contributed by atoms with E-state index in [1.807, 2.05) is 30.4 Å². The van der Waals surface area contributed by atoms with Crippen LogP contribution >= 0.6 is 0 Å². The van der Waals surface area contributed by atoms with Gasteiger partial charge < -0.3 is 14.2 Å². The number of hydrogen-bond acceptors (Lipinski definition) is 6. The van der Waals surface area contributed by atoms with Crippen molar-refractivity contribution in [2.75, 3.05) is 13.2 Å². The number of unbranched alkanes of at least 4 members (excludes halogenated alkanes) is 33. The lowest BCUT2D eigenvalue weighted by Crippen LogP contribution is -2.30. The van der Waals surface area contributed by atoms with Gasteiger partial charge in [-0.25, -0.2) is 0 Å². The minimum atomic E-state index is -0.784. The van der Waals surface area contributed by atoms with Crippen LogP contribution in [0.15, 0.2) is 48.6 Å². The number of hydrogen-bond donors (Lipinski definition) is 0. The Morgan fingerprint density at radius 2 is 0.619 bits per heavy atom. The summed E-state index contributed by atoms with van der Waals surface area (Å²) >= 11 is 0. The van der Waals surface area contributed by atoms with Gasteiger partial charge in [0.15, 0.2) is 6.10 Å². The summed E-state index contributed by atoms with van der Waals surface area (Å²) < 4.78 is 16.8. The first-order chi connectivity index (χ1) is 31.0. The maximum absolute atomic E-state index is 12.8. The van der Waals surface area contributed by atoms with Crippen molar-refractivity contribution in [3.05, 3.63) is 48.6 Å². The molecule has 63 heavy (non-hydrogen) atoms. The highest BCUT2D eigenvalue weighted by molar-refractivity contribution is 5.71. The van der Waals surface area contributed by atoms with Gasteiger partial charge in [0.25, 0.3) is 0 Å². The van der Waals surface area contributed by atoms with Crippen molar-refractivity contribution in [2.24, 2.45) is 0 Å². The second-order valence-electron chi connectivity index (χ2n) is 18.2. The largest absolute Gasteiger partial charge is 0.462 e. The second kappa shape index (κ2) is 52.0. The molecule has 6 heteroatoms. The topological polar surface area (TPSA) is 78.9 Å². The third kappa shape index (κ3) is 50.2. The van der Waals surface area contributed by atoms with E-state index in [1.54, 1.807) is 0 Å². The van der Waals surface area contributed by atoms with Gasteiger partial charge in [0, 0.05) is 19.3 Å². The molecule has 0 aliphatic carbocycles. The van der Waals surface area contributed by atoms with Gasteiger partial charge in [0.05, 0.1) is 0 Å². The van der Waals surface area contributed by atoms with Gasteiger partial charge in [-0.05, 0) is 38.5 Å². The summed E-state index contributed by atoms with van der Waals surface area (Å²) in [6.45, 7) is 6.50. The van der Waals surface area contributed by atoms with Crippen molar-refractivity contribution < 1.29 is 28.6 Å². The van der Waals surface area contributed by atoms with Crippen LogP contribution in [0.4, 0.5) is 0 Å². The van der Waals surface area contributed by atoms with E-state index in [0.29, 0.717) is 19.3 Å². The Bertz CT molecular complexity index is 1110. The molecule has 0 amide bonds. The molecule has 1 atom stereocenters. The normalized spacial score (nSPS) is 12.4. The van der Waals surface area contributed by atoms with Gasteiger partial charge in [-0.2, -0.15) is 0 Å².